The van der Waals surface area contributed by atoms with E-state index in [1.165, 1.54) is 0 Å². The topological polar surface area (TPSA) is 82.0 Å². The lowest BCUT2D eigenvalue weighted by molar-refractivity contribution is -0.388. The summed E-state index contributed by atoms with van der Waals surface area (Å²) in [7, 11) is 0. The van der Waals surface area contributed by atoms with E-state index >= 15 is 0 Å². The Balaban J connectivity index is 3.26. The van der Waals surface area contributed by atoms with Crippen LogP contribution >= 0.6 is 0 Å². The second-order valence-corrected chi connectivity index (χ2v) is 2.20. The molecule has 5 nitrogen and oxygen atoms in total. The van der Waals surface area contributed by atoms with Crippen molar-refractivity contribution in [2.24, 2.45) is 0 Å². The molecule has 1 heterocycles. The van der Waals surface area contributed by atoms with Gasteiger partial charge >= 0.3 is 5.82 Å². The smallest absolute Gasteiger partial charge is 0.387 e. The minimum Gasteiger partial charge on any atom is -0.391 e. The third kappa shape index (κ3) is 1.68. The number of hydrogen-bond acceptors (Lipinski definition) is 4. The summed E-state index contributed by atoms with van der Waals surface area (Å²) in [6.45, 7) is 0. The fraction of sp³-hybridized carbons (Fsp3) is 0.167. The molecule has 0 fully saturated rings. The summed E-state index contributed by atoms with van der Waals surface area (Å²) in [6.07, 6.45) is -1.91. The Kier molecular flexibility index (Phi) is 2.36. The van der Waals surface area contributed by atoms with Crippen molar-refractivity contribution >= 4 is 11.5 Å². The van der Waals surface area contributed by atoms with E-state index in [2.05, 4.69) is 4.98 Å². The molecule has 0 bridgehead atoms. The number of alkyl halides is 2. The van der Waals surface area contributed by atoms with Gasteiger partial charge in [-0.1, -0.05) is 0 Å². The SMILES string of the molecule is Nc1c(C(F)F)ccnc1[N+](=O)[O-]. The van der Waals surface area contributed by atoms with Gasteiger partial charge in [0, 0.05) is 0 Å². The molecule has 1 aromatic heterocycles. The van der Waals surface area contributed by atoms with Crippen LogP contribution in [0.2, 0.25) is 0 Å². The Bertz CT molecular complexity index is 343. The first-order valence-electron chi connectivity index (χ1n) is 3.21. The van der Waals surface area contributed by atoms with Gasteiger partial charge in [0.25, 0.3) is 6.43 Å². The molecule has 0 amide bonds. The Morgan fingerprint density at radius 1 is 1.62 bits per heavy atom. The van der Waals surface area contributed by atoms with E-state index in [9.17, 15) is 18.9 Å². The first-order chi connectivity index (χ1) is 6.04. The summed E-state index contributed by atoms with van der Waals surface area (Å²) >= 11 is 0. The first kappa shape index (κ1) is 9.30. The van der Waals surface area contributed by atoms with Crippen LogP contribution in [0.4, 0.5) is 20.3 Å². The Morgan fingerprint density at radius 3 is 2.69 bits per heavy atom. The van der Waals surface area contributed by atoms with Gasteiger partial charge in [-0.3, -0.25) is 0 Å². The molecule has 0 saturated carbocycles. The summed E-state index contributed by atoms with van der Waals surface area (Å²) in [5.41, 5.74) is 3.95. The minimum absolute atomic E-state index is 0.568. The number of pyridine rings is 1. The van der Waals surface area contributed by atoms with Crippen molar-refractivity contribution in [2.75, 3.05) is 5.73 Å². The van der Waals surface area contributed by atoms with Gasteiger partial charge in [-0.2, -0.15) is 0 Å². The molecule has 0 radical (unpaired) electrons. The average Bonchev–Trinajstić information content (AvgIpc) is 2.03. The molecule has 0 aliphatic rings. The second-order valence-electron chi connectivity index (χ2n) is 2.20. The lowest BCUT2D eigenvalue weighted by atomic mass is 10.2. The van der Waals surface area contributed by atoms with Crippen molar-refractivity contribution in [3.8, 4) is 0 Å². The van der Waals surface area contributed by atoms with Crippen molar-refractivity contribution < 1.29 is 13.7 Å². The van der Waals surface area contributed by atoms with Crippen molar-refractivity contribution in [2.45, 2.75) is 6.43 Å². The summed E-state index contributed by atoms with van der Waals surface area (Å²) in [4.78, 5) is 12.6. The van der Waals surface area contributed by atoms with Gasteiger partial charge in [0.15, 0.2) is 0 Å². The van der Waals surface area contributed by atoms with E-state index in [4.69, 9.17) is 5.73 Å². The Labute approximate surface area is 71.3 Å². The molecule has 0 spiro atoms. The number of halogens is 2. The van der Waals surface area contributed by atoms with Crippen molar-refractivity contribution in [1.82, 2.24) is 4.98 Å². The molecular formula is C6H5F2N3O2. The standard InChI is InChI=1S/C6H5F2N3O2/c7-5(8)3-1-2-10-6(4(3)9)11(12)13/h1-2,5H,9H2. The lowest BCUT2D eigenvalue weighted by Crippen LogP contribution is -2.02. The number of nitrogens with two attached hydrogens (primary N) is 1. The lowest BCUT2D eigenvalue weighted by Gasteiger charge is -2.02. The quantitative estimate of drug-likeness (QED) is 0.564. The van der Waals surface area contributed by atoms with Gasteiger partial charge in [0.05, 0.1) is 5.56 Å². The largest absolute Gasteiger partial charge is 0.391 e. The molecule has 2 N–H and O–H groups in total. The molecule has 0 aromatic carbocycles. The normalized spacial score (nSPS) is 10.4. The molecule has 7 heteroatoms. The zero-order valence-electron chi connectivity index (χ0n) is 6.28. The Morgan fingerprint density at radius 2 is 2.23 bits per heavy atom. The number of rotatable bonds is 2. The molecule has 0 atom stereocenters. The average molecular weight is 189 g/mol. The minimum atomic E-state index is -2.83. The van der Waals surface area contributed by atoms with Crippen LogP contribution in [0.15, 0.2) is 12.3 Å². The van der Waals surface area contributed by atoms with Crippen molar-refractivity contribution in [1.29, 1.82) is 0 Å². The maximum absolute atomic E-state index is 12.1. The van der Waals surface area contributed by atoms with Crippen LogP contribution in [0.5, 0.6) is 0 Å². The number of anilines is 1. The Hall–Kier alpha value is -1.79. The van der Waals surface area contributed by atoms with E-state index in [0.29, 0.717) is 0 Å². The van der Waals surface area contributed by atoms with Gasteiger partial charge in [-0.25, -0.2) is 8.78 Å². The molecule has 0 unspecified atom stereocenters. The highest BCUT2D eigenvalue weighted by molar-refractivity contribution is 5.59. The van der Waals surface area contributed by atoms with Crippen LogP contribution in [0.1, 0.15) is 12.0 Å². The molecule has 0 aliphatic carbocycles. The second kappa shape index (κ2) is 3.30. The van der Waals surface area contributed by atoms with E-state index < -0.39 is 28.4 Å². The summed E-state index contributed by atoms with van der Waals surface area (Å²) < 4.78 is 24.3. The van der Waals surface area contributed by atoms with Gasteiger partial charge < -0.3 is 15.8 Å². The van der Waals surface area contributed by atoms with E-state index in [-0.39, 0.29) is 0 Å². The first-order valence-corrected chi connectivity index (χ1v) is 3.21. The number of nitrogens with zero attached hydrogens (tertiary/aromatic N) is 2. The highest BCUT2D eigenvalue weighted by atomic mass is 19.3. The van der Waals surface area contributed by atoms with E-state index in [0.717, 1.165) is 12.3 Å². The van der Waals surface area contributed by atoms with Gasteiger partial charge in [-0.05, 0) is 16.0 Å². The highest BCUT2D eigenvalue weighted by Gasteiger charge is 2.21. The molecule has 70 valence electrons. The summed E-state index contributed by atoms with van der Waals surface area (Å²) in [5.74, 6) is -0.738. The number of nitro groups is 1. The fourth-order valence-electron chi connectivity index (χ4n) is 0.812. The third-order valence-electron chi connectivity index (χ3n) is 1.41. The number of aromatic nitrogens is 1. The fourth-order valence-corrected chi connectivity index (χ4v) is 0.812. The van der Waals surface area contributed by atoms with Crippen molar-refractivity contribution in [3.63, 3.8) is 0 Å². The highest BCUT2D eigenvalue weighted by Crippen LogP contribution is 2.29. The molecule has 0 aliphatic heterocycles. The predicted molar refractivity (Wildman–Crippen MR) is 40.3 cm³/mol. The third-order valence-corrected chi connectivity index (χ3v) is 1.41. The van der Waals surface area contributed by atoms with Crippen LogP contribution in [-0.2, 0) is 0 Å². The monoisotopic (exact) mass is 189 g/mol. The van der Waals surface area contributed by atoms with Gasteiger partial charge in [0.2, 0.25) is 0 Å². The zero-order chi connectivity index (χ0) is 10.0. The van der Waals surface area contributed by atoms with E-state index in [1.807, 2.05) is 0 Å². The van der Waals surface area contributed by atoms with Crippen LogP contribution in [-0.4, -0.2) is 9.91 Å². The predicted octanol–water partition coefficient (Wildman–Crippen LogP) is 1.51. The summed E-state index contributed by atoms with van der Waals surface area (Å²) in [5, 5.41) is 10.2. The molecule has 1 rings (SSSR count). The van der Waals surface area contributed by atoms with Gasteiger partial charge in [0.1, 0.15) is 11.9 Å². The molecule has 0 saturated heterocycles. The maximum atomic E-state index is 12.1. The van der Waals surface area contributed by atoms with Crippen LogP contribution in [0, 0.1) is 10.1 Å². The van der Waals surface area contributed by atoms with Crippen LogP contribution in [0.25, 0.3) is 0 Å². The molecular weight excluding hydrogens is 184 g/mol. The maximum Gasteiger partial charge on any atom is 0.387 e. The van der Waals surface area contributed by atoms with Crippen LogP contribution < -0.4 is 5.73 Å². The van der Waals surface area contributed by atoms with Crippen LogP contribution in [0.3, 0.4) is 0 Å². The van der Waals surface area contributed by atoms with E-state index in [1.54, 1.807) is 0 Å². The number of nitrogen functional groups attached to an aromatic ring is 1. The number of hydrogen-bond donors (Lipinski definition) is 1. The molecule has 1 aromatic rings. The molecule has 13 heavy (non-hydrogen) atoms. The van der Waals surface area contributed by atoms with Gasteiger partial charge in [-0.15, -0.1) is 0 Å². The zero-order valence-corrected chi connectivity index (χ0v) is 6.28. The summed E-state index contributed by atoms with van der Waals surface area (Å²) in [6, 6.07) is 0.951. The van der Waals surface area contributed by atoms with Crippen molar-refractivity contribution in [3.05, 3.63) is 27.9 Å².